The molecular formula is C20H21Cl2N3O2. The Morgan fingerprint density at radius 1 is 1.00 bits per heavy atom. The zero-order chi connectivity index (χ0) is 19.4. The molecule has 3 rings (SSSR count). The van der Waals surface area contributed by atoms with Gasteiger partial charge >= 0.3 is 0 Å². The molecule has 0 aliphatic carbocycles. The number of hydrogen-bond acceptors (Lipinski definition) is 4. The van der Waals surface area contributed by atoms with Crippen LogP contribution in [0.4, 0.5) is 11.4 Å². The molecule has 0 bridgehead atoms. The highest BCUT2D eigenvalue weighted by Gasteiger charge is 2.19. The molecule has 142 valence electrons. The van der Waals surface area contributed by atoms with E-state index in [0.29, 0.717) is 27.8 Å². The van der Waals surface area contributed by atoms with Gasteiger partial charge in [-0.25, -0.2) is 0 Å². The van der Waals surface area contributed by atoms with Gasteiger partial charge in [0.25, 0.3) is 0 Å². The van der Waals surface area contributed by atoms with Gasteiger partial charge in [-0.3, -0.25) is 14.5 Å². The van der Waals surface area contributed by atoms with Crippen molar-refractivity contribution in [2.45, 2.75) is 6.92 Å². The van der Waals surface area contributed by atoms with Crippen LogP contribution in [0.2, 0.25) is 10.0 Å². The van der Waals surface area contributed by atoms with Crippen molar-refractivity contribution in [1.29, 1.82) is 0 Å². The van der Waals surface area contributed by atoms with Crippen molar-refractivity contribution >= 4 is 46.3 Å². The molecule has 0 unspecified atom stereocenters. The van der Waals surface area contributed by atoms with E-state index in [-0.39, 0.29) is 11.7 Å². The van der Waals surface area contributed by atoms with Crippen LogP contribution >= 0.6 is 23.2 Å². The molecule has 1 amide bonds. The molecule has 5 nitrogen and oxygen atoms in total. The maximum absolute atomic E-state index is 12.3. The summed E-state index contributed by atoms with van der Waals surface area (Å²) in [6, 6.07) is 12.6. The van der Waals surface area contributed by atoms with Crippen molar-refractivity contribution < 1.29 is 9.59 Å². The molecule has 27 heavy (non-hydrogen) atoms. The van der Waals surface area contributed by atoms with Crippen LogP contribution in [-0.4, -0.2) is 49.3 Å². The highest BCUT2D eigenvalue weighted by atomic mass is 35.5. The fraction of sp³-hybridized carbons (Fsp3) is 0.300. The van der Waals surface area contributed by atoms with E-state index >= 15 is 0 Å². The van der Waals surface area contributed by atoms with Crippen LogP contribution in [0.3, 0.4) is 0 Å². The first kappa shape index (κ1) is 19.7. The average Bonchev–Trinajstić information content (AvgIpc) is 2.65. The normalized spacial score (nSPS) is 14.9. The number of Topliss-reactive ketones (excluding diaryl/α,β-unsaturated/α-hetero) is 1. The number of halogens is 2. The summed E-state index contributed by atoms with van der Waals surface area (Å²) >= 11 is 12.0. The topological polar surface area (TPSA) is 52.7 Å². The molecule has 0 aromatic heterocycles. The summed E-state index contributed by atoms with van der Waals surface area (Å²) in [5.74, 6) is -0.0457. The van der Waals surface area contributed by atoms with Crippen molar-refractivity contribution in [2.75, 3.05) is 42.9 Å². The Labute approximate surface area is 168 Å². The van der Waals surface area contributed by atoms with Gasteiger partial charge in [-0.05, 0) is 49.4 Å². The van der Waals surface area contributed by atoms with Crippen LogP contribution in [-0.2, 0) is 4.79 Å². The Morgan fingerprint density at radius 2 is 1.67 bits per heavy atom. The predicted octanol–water partition coefficient (Wildman–Crippen LogP) is 3.96. The average molecular weight is 406 g/mol. The lowest BCUT2D eigenvalue weighted by atomic mass is 10.1. The molecule has 0 atom stereocenters. The number of piperazine rings is 1. The molecule has 1 aliphatic rings. The van der Waals surface area contributed by atoms with Crippen molar-refractivity contribution in [2.24, 2.45) is 0 Å². The first-order chi connectivity index (χ1) is 12.9. The maximum atomic E-state index is 12.3. The minimum absolute atomic E-state index is 0.0668. The van der Waals surface area contributed by atoms with Gasteiger partial charge < -0.3 is 10.2 Å². The van der Waals surface area contributed by atoms with Crippen molar-refractivity contribution in [3.05, 3.63) is 58.1 Å². The number of ketones is 1. The number of carbonyl (C=O) groups excluding carboxylic acids is 2. The molecule has 0 radical (unpaired) electrons. The first-order valence-electron chi connectivity index (χ1n) is 8.75. The minimum atomic E-state index is -0.113. The van der Waals surface area contributed by atoms with Gasteiger partial charge in [0, 0.05) is 42.5 Å². The van der Waals surface area contributed by atoms with Crippen LogP contribution in [0.25, 0.3) is 0 Å². The minimum Gasteiger partial charge on any atom is -0.369 e. The molecular weight excluding hydrogens is 385 g/mol. The van der Waals surface area contributed by atoms with Crippen LogP contribution in [0, 0.1) is 0 Å². The fourth-order valence-electron chi connectivity index (χ4n) is 3.06. The van der Waals surface area contributed by atoms with Crippen LogP contribution < -0.4 is 10.2 Å². The van der Waals surface area contributed by atoms with Gasteiger partial charge in [0.05, 0.1) is 17.3 Å². The standard InChI is InChI=1S/C20H21Cl2N3O2/c1-14(26)15-2-5-17(6-3-15)25-10-8-24(9-11-25)13-20(27)23-19-12-16(21)4-7-18(19)22/h2-7,12H,8-11,13H2,1H3,(H,23,27). The summed E-state index contributed by atoms with van der Waals surface area (Å²) in [7, 11) is 0. The third-order valence-corrected chi connectivity index (χ3v) is 5.15. The quantitative estimate of drug-likeness (QED) is 0.764. The van der Waals surface area contributed by atoms with Gasteiger partial charge in [0.15, 0.2) is 5.78 Å². The summed E-state index contributed by atoms with van der Waals surface area (Å²) in [4.78, 5) is 28.0. The molecule has 1 saturated heterocycles. The molecule has 0 spiro atoms. The van der Waals surface area contributed by atoms with E-state index in [1.807, 2.05) is 24.3 Å². The van der Waals surface area contributed by atoms with E-state index in [0.717, 1.165) is 31.9 Å². The Hall–Kier alpha value is -2.08. The van der Waals surface area contributed by atoms with E-state index in [1.165, 1.54) is 0 Å². The monoisotopic (exact) mass is 405 g/mol. The number of anilines is 2. The third-order valence-electron chi connectivity index (χ3n) is 4.58. The summed E-state index contributed by atoms with van der Waals surface area (Å²) in [6.07, 6.45) is 0. The van der Waals surface area contributed by atoms with Crippen LogP contribution in [0.1, 0.15) is 17.3 Å². The summed E-state index contributed by atoms with van der Waals surface area (Å²) in [6.45, 7) is 5.08. The van der Waals surface area contributed by atoms with Gasteiger partial charge in [-0.15, -0.1) is 0 Å². The maximum Gasteiger partial charge on any atom is 0.238 e. The van der Waals surface area contributed by atoms with E-state index in [4.69, 9.17) is 23.2 Å². The van der Waals surface area contributed by atoms with Crippen LogP contribution in [0.15, 0.2) is 42.5 Å². The zero-order valence-electron chi connectivity index (χ0n) is 15.0. The van der Waals surface area contributed by atoms with Gasteiger partial charge in [-0.2, -0.15) is 0 Å². The number of benzene rings is 2. The number of hydrogen-bond donors (Lipinski definition) is 1. The summed E-state index contributed by atoms with van der Waals surface area (Å²) in [5, 5.41) is 3.81. The van der Waals surface area contributed by atoms with E-state index in [9.17, 15) is 9.59 Å². The SMILES string of the molecule is CC(=O)c1ccc(N2CCN(CC(=O)Nc3cc(Cl)ccc3Cl)CC2)cc1. The lowest BCUT2D eigenvalue weighted by molar-refractivity contribution is -0.117. The molecule has 1 N–H and O–H groups in total. The van der Waals surface area contributed by atoms with Crippen molar-refractivity contribution in [3.8, 4) is 0 Å². The smallest absolute Gasteiger partial charge is 0.238 e. The van der Waals surface area contributed by atoms with Crippen molar-refractivity contribution in [1.82, 2.24) is 4.90 Å². The van der Waals surface area contributed by atoms with E-state index in [2.05, 4.69) is 15.1 Å². The summed E-state index contributed by atoms with van der Waals surface area (Å²) in [5.41, 5.74) is 2.34. The number of nitrogens with zero attached hydrogens (tertiary/aromatic N) is 2. The Morgan fingerprint density at radius 3 is 2.30 bits per heavy atom. The molecule has 2 aromatic carbocycles. The number of amides is 1. The molecule has 1 fully saturated rings. The van der Waals surface area contributed by atoms with Crippen molar-refractivity contribution in [3.63, 3.8) is 0 Å². The zero-order valence-corrected chi connectivity index (χ0v) is 16.6. The lowest BCUT2D eigenvalue weighted by Crippen LogP contribution is -2.48. The first-order valence-corrected chi connectivity index (χ1v) is 9.51. The van der Waals surface area contributed by atoms with Gasteiger partial charge in [-0.1, -0.05) is 23.2 Å². The second-order valence-corrected chi connectivity index (χ2v) is 7.38. The summed E-state index contributed by atoms with van der Waals surface area (Å²) < 4.78 is 0. The Kier molecular flexibility index (Phi) is 6.37. The van der Waals surface area contributed by atoms with Crippen LogP contribution in [0.5, 0.6) is 0 Å². The number of nitrogens with one attached hydrogen (secondary N) is 1. The molecule has 1 heterocycles. The van der Waals surface area contributed by atoms with E-state index in [1.54, 1.807) is 25.1 Å². The molecule has 2 aromatic rings. The Balaban J connectivity index is 1.51. The Bertz CT molecular complexity index is 832. The lowest BCUT2D eigenvalue weighted by Gasteiger charge is -2.35. The molecule has 0 saturated carbocycles. The second kappa shape index (κ2) is 8.74. The predicted molar refractivity (Wildman–Crippen MR) is 110 cm³/mol. The highest BCUT2D eigenvalue weighted by molar-refractivity contribution is 6.35. The number of rotatable bonds is 5. The highest BCUT2D eigenvalue weighted by Crippen LogP contribution is 2.25. The molecule has 1 aliphatic heterocycles. The van der Waals surface area contributed by atoms with E-state index < -0.39 is 0 Å². The second-order valence-electron chi connectivity index (χ2n) is 6.54. The fourth-order valence-corrected chi connectivity index (χ4v) is 3.39. The largest absolute Gasteiger partial charge is 0.369 e. The van der Waals surface area contributed by atoms with Gasteiger partial charge in [0.2, 0.25) is 5.91 Å². The third kappa shape index (κ3) is 5.22. The number of carbonyl (C=O) groups is 2. The van der Waals surface area contributed by atoms with Gasteiger partial charge in [0.1, 0.15) is 0 Å². The molecule has 7 heteroatoms.